The minimum Gasteiger partial charge on any atom is -0.464 e. The Hall–Kier alpha value is -0.650. The van der Waals surface area contributed by atoms with Crippen LogP contribution in [0.15, 0.2) is 0 Å². The van der Waals surface area contributed by atoms with Crippen LogP contribution in [-0.2, 0) is 23.7 Å². The lowest BCUT2D eigenvalue weighted by atomic mass is 10.0. The minimum absolute atomic E-state index is 0.323. The normalized spacial score (nSPS) is 29.3. The molecule has 1 atom stereocenters. The number of hydrogen-bond donors (Lipinski definition) is 0. The van der Waals surface area contributed by atoms with Gasteiger partial charge in [0, 0.05) is 12.8 Å². The Bertz CT molecular complexity index is 234. The number of rotatable bonds is 2. The van der Waals surface area contributed by atoms with E-state index in [2.05, 4.69) is 0 Å². The zero-order chi connectivity index (χ0) is 10.7. The van der Waals surface area contributed by atoms with Crippen LogP contribution < -0.4 is 0 Å². The summed E-state index contributed by atoms with van der Waals surface area (Å²) < 4.78 is 21.3. The second kappa shape index (κ2) is 4.47. The molecule has 0 N–H and O–H groups in total. The third-order valence-electron chi connectivity index (χ3n) is 2.66. The first-order chi connectivity index (χ1) is 7.26. The van der Waals surface area contributed by atoms with Crippen molar-refractivity contribution in [3.8, 4) is 0 Å². The van der Waals surface area contributed by atoms with Crippen LogP contribution >= 0.6 is 0 Å². The molecule has 2 rings (SSSR count). The molecule has 2 aliphatic heterocycles. The topological polar surface area (TPSA) is 54.0 Å². The van der Waals surface area contributed by atoms with Gasteiger partial charge in [-0.1, -0.05) is 0 Å². The van der Waals surface area contributed by atoms with Crippen molar-refractivity contribution in [2.24, 2.45) is 0 Å². The maximum Gasteiger partial charge on any atom is 0.335 e. The fraction of sp³-hybridized carbons (Fsp3) is 0.900. The summed E-state index contributed by atoms with van der Waals surface area (Å²) in [6.45, 7) is 3.81. The zero-order valence-electron chi connectivity index (χ0n) is 8.86. The highest BCUT2D eigenvalue weighted by molar-refractivity contribution is 5.74. The molecule has 0 aliphatic carbocycles. The van der Waals surface area contributed by atoms with E-state index in [0.29, 0.717) is 39.3 Å². The fourth-order valence-electron chi connectivity index (χ4n) is 1.95. The van der Waals surface area contributed by atoms with Crippen LogP contribution in [0, 0.1) is 0 Å². The Morgan fingerprint density at radius 3 is 2.80 bits per heavy atom. The lowest BCUT2D eigenvalue weighted by Gasteiger charge is -2.34. The van der Waals surface area contributed by atoms with Crippen molar-refractivity contribution in [3.63, 3.8) is 0 Å². The second-order valence-corrected chi connectivity index (χ2v) is 3.67. The zero-order valence-corrected chi connectivity index (χ0v) is 8.86. The van der Waals surface area contributed by atoms with E-state index in [1.54, 1.807) is 6.92 Å². The average molecular weight is 216 g/mol. The molecule has 0 aromatic carbocycles. The van der Waals surface area contributed by atoms with Crippen molar-refractivity contribution in [2.45, 2.75) is 31.7 Å². The van der Waals surface area contributed by atoms with Crippen molar-refractivity contribution in [2.75, 3.05) is 26.4 Å². The molecule has 2 aliphatic rings. The molecule has 2 heterocycles. The summed E-state index contributed by atoms with van der Waals surface area (Å²) in [4.78, 5) is 11.5. The molecule has 2 saturated heterocycles. The molecule has 0 radical (unpaired) electrons. The Labute approximate surface area is 88.6 Å². The third-order valence-corrected chi connectivity index (χ3v) is 2.66. The van der Waals surface area contributed by atoms with Crippen LogP contribution in [0.2, 0.25) is 0 Å². The highest BCUT2D eigenvalue weighted by Crippen LogP contribution is 2.33. The van der Waals surface area contributed by atoms with Crippen molar-refractivity contribution in [1.29, 1.82) is 0 Å². The van der Waals surface area contributed by atoms with Gasteiger partial charge >= 0.3 is 5.97 Å². The smallest absolute Gasteiger partial charge is 0.335 e. The predicted molar refractivity (Wildman–Crippen MR) is 50.2 cm³/mol. The van der Waals surface area contributed by atoms with Gasteiger partial charge in [-0.15, -0.1) is 0 Å². The Balaban J connectivity index is 1.94. The Morgan fingerprint density at radius 1 is 1.40 bits per heavy atom. The first-order valence-electron chi connectivity index (χ1n) is 5.32. The van der Waals surface area contributed by atoms with Gasteiger partial charge in [-0.2, -0.15) is 0 Å². The number of esters is 1. The molecule has 5 heteroatoms. The molecular formula is C10H16O5. The molecule has 2 fully saturated rings. The van der Waals surface area contributed by atoms with Crippen LogP contribution in [0.4, 0.5) is 0 Å². The van der Waals surface area contributed by atoms with E-state index in [1.165, 1.54) is 0 Å². The van der Waals surface area contributed by atoms with E-state index in [-0.39, 0.29) is 5.97 Å². The van der Waals surface area contributed by atoms with Gasteiger partial charge in [-0.05, 0) is 6.92 Å². The van der Waals surface area contributed by atoms with Crippen LogP contribution in [0.25, 0.3) is 0 Å². The molecule has 0 aromatic rings. The van der Waals surface area contributed by atoms with Crippen LogP contribution in [0.3, 0.4) is 0 Å². The molecule has 86 valence electrons. The summed E-state index contributed by atoms with van der Waals surface area (Å²) in [6.07, 6.45) is 0.575. The molecular weight excluding hydrogens is 200 g/mol. The maximum absolute atomic E-state index is 11.5. The quantitative estimate of drug-likeness (QED) is 0.628. The fourth-order valence-corrected chi connectivity index (χ4v) is 1.95. The summed E-state index contributed by atoms with van der Waals surface area (Å²) in [6, 6.07) is 0. The van der Waals surface area contributed by atoms with E-state index in [4.69, 9.17) is 18.9 Å². The summed E-state index contributed by atoms with van der Waals surface area (Å²) >= 11 is 0. The SMILES string of the molecule is CCOC(=O)C1CC2(CCO1)OCCO2. The van der Waals surface area contributed by atoms with Gasteiger partial charge in [-0.3, -0.25) is 0 Å². The molecule has 0 bridgehead atoms. The number of ether oxygens (including phenoxy) is 4. The largest absolute Gasteiger partial charge is 0.464 e. The lowest BCUT2D eigenvalue weighted by Crippen LogP contribution is -2.45. The third kappa shape index (κ3) is 2.30. The van der Waals surface area contributed by atoms with Gasteiger partial charge in [0.1, 0.15) is 0 Å². The summed E-state index contributed by atoms with van der Waals surface area (Å²) in [5.41, 5.74) is 0. The van der Waals surface area contributed by atoms with E-state index in [0.717, 1.165) is 0 Å². The van der Waals surface area contributed by atoms with E-state index in [1.807, 2.05) is 0 Å². The Morgan fingerprint density at radius 2 is 2.13 bits per heavy atom. The maximum atomic E-state index is 11.5. The second-order valence-electron chi connectivity index (χ2n) is 3.67. The molecule has 1 spiro atoms. The van der Waals surface area contributed by atoms with Gasteiger partial charge in [-0.25, -0.2) is 4.79 Å². The monoisotopic (exact) mass is 216 g/mol. The van der Waals surface area contributed by atoms with Crippen molar-refractivity contribution in [1.82, 2.24) is 0 Å². The first kappa shape index (κ1) is 10.9. The molecule has 15 heavy (non-hydrogen) atoms. The predicted octanol–water partition coefficient (Wildman–Crippen LogP) is 0.472. The lowest BCUT2D eigenvalue weighted by molar-refractivity contribution is -0.226. The van der Waals surface area contributed by atoms with Crippen LogP contribution in [0.1, 0.15) is 19.8 Å². The van der Waals surface area contributed by atoms with Crippen LogP contribution in [-0.4, -0.2) is 44.3 Å². The van der Waals surface area contributed by atoms with Gasteiger partial charge < -0.3 is 18.9 Å². The highest BCUT2D eigenvalue weighted by Gasteiger charge is 2.44. The highest BCUT2D eigenvalue weighted by atomic mass is 16.7. The number of hydrogen-bond acceptors (Lipinski definition) is 5. The molecule has 0 saturated carbocycles. The molecule has 1 unspecified atom stereocenters. The first-order valence-corrected chi connectivity index (χ1v) is 5.32. The van der Waals surface area contributed by atoms with Gasteiger partial charge in [0.15, 0.2) is 11.9 Å². The number of carbonyl (C=O) groups is 1. The van der Waals surface area contributed by atoms with Crippen LogP contribution in [0.5, 0.6) is 0 Å². The average Bonchev–Trinajstić information content (AvgIpc) is 2.67. The van der Waals surface area contributed by atoms with E-state index >= 15 is 0 Å². The van der Waals surface area contributed by atoms with Gasteiger partial charge in [0.25, 0.3) is 0 Å². The van der Waals surface area contributed by atoms with Gasteiger partial charge in [0.05, 0.1) is 26.4 Å². The standard InChI is InChI=1S/C10H16O5/c1-2-12-9(11)8-7-10(3-4-13-8)14-5-6-15-10/h8H,2-7H2,1H3. The summed E-state index contributed by atoms with van der Waals surface area (Å²) in [5.74, 6) is -0.925. The summed E-state index contributed by atoms with van der Waals surface area (Å²) in [5, 5.41) is 0. The van der Waals surface area contributed by atoms with Crippen molar-refractivity contribution >= 4 is 5.97 Å². The van der Waals surface area contributed by atoms with E-state index in [9.17, 15) is 4.79 Å². The van der Waals surface area contributed by atoms with Crippen molar-refractivity contribution in [3.05, 3.63) is 0 Å². The molecule has 0 amide bonds. The molecule has 5 nitrogen and oxygen atoms in total. The number of carbonyl (C=O) groups excluding carboxylic acids is 1. The summed E-state index contributed by atoms with van der Waals surface area (Å²) in [7, 11) is 0. The van der Waals surface area contributed by atoms with E-state index < -0.39 is 11.9 Å². The van der Waals surface area contributed by atoms with Gasteiger partial charge in [0.2, 0.25) is 0 Å². The Kier molecular flexibility index (Phi) is 3.23. The minimum atomic E-state index is -0.602. The molecule has 0 aromatic heterocycles. The van der Waals surface area contributed by atoms with Crippen molar-refractivity contribution < 1.29 is 23.7 Å².